The van der Waals surface area contributed by atoms with Crippen LogP contribution in [-0.4, -0.2) is 12.6 Å². The van der Waals surface area contributed by atoms with Gasteiger partial charge in [-0.3, -0.25) is 0 Å². The zero-order chi connectivity index (χ0) is 11.4. The molecular weight excluding hydrogens is 217 g/mol. The highest BCUT2D eigenvalue weighted by Gasteiger charge is 2.10. The summed E-state index contributed by atoms with van der Waals surface area (Å²) in [5.41, 5.74) is 5.79. The van der Waals surface area contributed by atoms with Crippen LogP contribution >= 0.6 is 11.6 Å². The molecular formula is C11H15ClFNO. The molecule has 2 nitrogen and oxygen atoms in total. The van der Waals surface area contributed by atoms with E-state index < -0.39 is 0 Å². The normalized spacial score (nSPS) is 12.9. The molecule has 0 heterocycles. The SMILES string of the molecule is CC(C)C(N)COc1cc(F)ccc1Cl. The Morgan fingerprint density at radius 2 is 2.13 bits per heavy atom. The smallest absolute Gasteiger partial charge is 0.140 e. The van der Waals surface area contributed by atoms with Gasteiger partial charge >= 0.3 is 0 Å². The van der Waals surface area contributed by atoms with E-state index in [0.29, 0.717) is 23.3 Å². The van der Waals surface area contributed by atoms with Gasteiger partial charge in [-0.2, -0.15) is 0 Å². The van der Waals surface area contributed by atoms with E-state index in [1.165, 1.54) is 18.2 Å². The summed E-state index contributed by atoms with van der Waals surface area (Å²) in [6.07, 6.45) is 0. The molecule has 0 aliphatic carbocycles. The van der Waals surface area contributed by atoms with Crippen molar-refractivity contribution >= 4 is 11.6 Å². The molecule has 0 saturated carbocycles. The van der Waals surface area contributed by atoms with Crippen molar-refractivity contribution in [3.63, 3.8) is 0 Å². The summed E-state index contributed by atoms with van der Waals surface area (Å²) in [6.45, 7) is 4.34. The van der Waals surface area contributed by atoms with Gasteiger partial charge in [0.25, 0.3) is 0 Å². The maximum absolute atomic E-state index is 12.9. The summed E-state index contributed by atoms with van der Waals surface area (Å²) in [5.74, 6) is 0.289. The van der Waals surface area contributed by atoms with Gasteiger partial charge in [0.15, 0.2) is 0 Å². The molecule has 15 heavy (non-hydrogen) atoms. The molecule has 1 unspecified atom stereocenters. The van der Waals surface area contributed by atoms with Crippen LogP contribution < -0.4 is 10.5 Å². The van der Waals surface area contributed by atoms with E-state index in [1.807, 2.05) is 13.8 Å². The van der Waals surface area contributed by atoms with Gasteiger partial charge in [0.1, 0.15) is 18.2 Å². The first-order valence-corrected chi connectivity index (χ1v) is 5.22. The quantitative estimate of drug-likeness (QED) is 0.865. The number of halogens is 2. The number of nitrogens with two attached hydrogens (primary N) is 1. The predicted molar refractivity (Wildman–Crippen MR) is 59.7 cm³/mol. The van der Waals surface area contributed by atoms with Crippen molar-refractivity contribution in [2.24, 2.45) is 11.7 Å². The average Bonchev–Trinajstić information content (AvgIpc) is 2.18. The minimum absolute atomic E-state index is 0.0793. The zero-order valence-electron chi connectivity index (χ0n) is 8.84. The summed E-state index contributed by atoms with van der Waals surface area (Å²) in [7, 11) is 0. The third-order valence-corrected chi connectivity index (χ3v) is 2.49. The summed E-state index contributed by atoms with van der Waals surface area (Å²) < 4.78 is 18.2. The summed E-state index contributed by atoms with van der Waals surface area (Å²) in [6, 6.07) is 3.93. The third kappa shape index (κ3) is 3.68. The van der Waals surface area contributed by atoms with Gasteiger partial charge in [-0.15, -0.1) is 0 Å². The molecule has 1 atom stereocenters. The Morgan fingerprint density at radius 1 is 1.47 bits per heavy atom. The van der Waals surface area contributed by atoms with Crippen LogP contribution in [0.15, 0.2) is 18.2 Å². The lowest BCUT2D eigenvalue weighted by Gasteiger charge is -2.16. The Labute approximate surface area is 94.2 Å². The van der Waals surface area contributed by atoms with Crippen LogP contribution in [0.1, 0.15) is 13.8 Å². The molecule has 0 aromatic heterocycles. The first kappa shape index (κ1) is 12.3. The number of benzene rings is 1. The van der Waals surface area contributed by atoms with E-state index in [0.717, 1.165) is 0 Å². The molecule has 4 heteroatoms. The van der Waals surface area contributed by atoms with Gasteiger partial charge in [-0.1, -0.05) is 25.4 Å². The second-order valence-electron chi connectivity index (χ2n) is 3.79. The molecule has 1 rings (SSSR count). The highest BCUT2D eigenvalue weighted by molar-refractivity contribution is 6.32. The van der Waals surface area contributed by atoms with Crippen molar-refractivity contribution in [3.05, 3.63) is 29.0 Å². The first-order chi connectivity index (χ1) is 7.00. The largest absolute Gasteiger partial charge is 0.490 e. The standard InChI is InChI=1S/C11H15ClFNO/c1-7(2)10(14)6-15-11-5-8(13)3-4-9(11)12/h3-5,7,10H,6,14H2,1-2H3. The van der Waals surface area contributed by atoms with Gasteiger partial charge in [0, 0.05) is 12.1 Å². The molecule has 2 N–H and O–H groups in total. The summed E-state index contributed by atoms with van der Waals surface area (Å²) in [4.78, 5) is 0. The van der Waals surface area contributed by atoms with E-state index >= 15 is 0 Å². The number of hydrogen-bond acceptors (Lipinski definition) is 2. The molecule has 84 valence electrons. The Hall–Kier alpha value is -0.800. The average molecular weight is 232 g/mol. The Morgan fingerprint density at radius 3 is 2.73 bits per heavy atom. The molecule has 0 radical (unpaired) electrons. The maximum atomic E-state index is 12.9. The Kier molecular flexibility index (Phi) is 4.36. The van der Waals surface area contributed by atoms with Crippen LogP contribution in [0.4, 0.5) is 4.39 Å². The lowest BCUT2D eigenvalue weighted by Crippen LogP contribution is -2.33. The van der Waals surface area contributed by atoms with Crippen molar-refractivity contribution in [2.75, 3.05) is 6.61 Å². The molecule has 0 spiro atoms. The van der Waals surface area contributed by atoms with Crippen LogP contribution in [-0.2, 0) is 0 Å². The molecule has 1 aromatic rings. The molecule has 0 saturated heterocycles. The lowest BCUT2D eigenvalue weighted by atomic mass is 10.1. The van der Waals surface area contributed by atoms with E-state index in [4.69, 9.17) is 22.1 Å². The van der Waals surface area contributed by atoms with Gasteiger partial charge in [0.2, 0.25) is 0 Å². The van der Waals surface area contributed by atoms with E-state index in [2.05, 4.69) is 0 Å². The lowest BCUT2D eigenvalue weighted by molar-refractivity contribution is 0.259. The highest BCUT2D eigenvalue weighted by Crippen LogP contribution is 2.25. The van der Waals surface area contributed by atoms with Gasteiger partial charge in [-0.05, 0) is 18.1 Å². The predicted octanol–water partition coefficient (Wildman–Crippen LogP) is 2.84. The second kappa shape index (κ2) is 5.33. The second-order valence-corrected chi connectivity index (χ2v) is 4.20. The number of ether oxygens (including phenoxy) is 1. The summed E-state index contributed by atoms with van der Waals surface area (Å²) >= 11 is 5.83. The van der Waals surface area contributed by atoms with Crippen molar-refractivity contribution in [2.45, 2.75) is 19.9 Å². The summed E-state index contributed by atoms with van der Waals surface area (Å²) in [5, 5.41) is 0.396. The van der Waals surface area contributed by atoms with Crippen molar-refractivity contribution in [1.82, 2.24) is 0 Å². The van der Waals surface area contributed by atoms with Crippen LogP contribution in [0, 0.1) is 11.7 Å². The Bertz CT molecular complexity index is 330. The maximum Gasteiger partial charge on any atom is 0.140 e. The van der Waals surface area contributed by atoms with Gasteiger partial charge in [0.05, 0.1) is 5.02 Å². The molecule has 1 aromatic carbocycles. The van der Waals surface area contributed by atoms with E-state index in [-0.39, 0.29) is 11.9 Å². The van der Waals surface area contributed by atoms with Crippen LogP contribution in [0.25, 0.3) is 0 Å². The van der Waals surface area contributed by atoms with Crippen LogP contribution in [0.3, 0.4) is 0 Å². The fourth-order valence-electron chi connectivity index (χ4n) is 0.966. The zero-order valence-corrected chi connectivity index (χ0v) is 9.59. The van der Waals surface area contributed by atoms with Crippen molar-refractivity contribution in [3.8, 4) is 5.75 Å². The first-order valence-electron chi connectivity index (χ1n) is 4.84. The number of hydrogen-bond donors (Lipinski definition) is 1. The fraction of sp³-hybridized carbons (Fsp3) is 0.455. The monoisotopic (exact) mass is 231 g/mol. The molecule has 0 aliphatic heterocycles. The fourth-order valence-corrected chi connectivity index (χ4v) is 1.14. The van der Waals surface area contributed by atoms with E-state index in [1.54, 1.807) is 0 Å². The topological polar surface area (TPSA) is 35.2 Å². The van der Waals surface area contributed by atoms with Crippen LogP contribution in [0.2, 0.25) is 5.02 Å². The molecule has 0 amide bonds. The van der Waals surface area contributed by atoms with Gasteiger partial charge < -0.3 is 10.5 Å². The minimum atomic E-state index is -0.368. The van der Waals surface area contributed by atoms with Crippen molar-refractivity contribution in [1.29, 1.82) is 0 Å². The van der Waals surface area contributed by atoms with Crippen LogP contribution in [0.5, 0.6) is 5.75 Å². The Balaban J connectivity index is 2.61. The molecule has 0 bridgehead atoms. The molecule has 0 aliphatic rings. The third-order valence-electron chi connectivity index (χ3n) is 2.18. The highest BCUT2D eigenvalue weighted by atomic mass is 35.5. The molecule has 0 fully saturated rings. The number of rotatable bonds is 4. The van der Waals surface area contributed by atoms with Gasteiger partial charge in [-0.25, -0.2) is 4.39 Å². The van der Waals surface area contributed by atoms with E-state index in [9.17, 15) is 4.39 Å². The minimum Gasteiger partial charge on any atom is -0.490 e. The van der Waals surface area contributed by atoms with Crippen molar-refractivity contribution < 1.29 is 9.13 Å².